The van der Waals surface area contributed by atoms with Gasteiger partial charge in [0.05, 0.1) is 18.9 Å². The van der Waals surface area contributed by atoms with E-state index < -0.39 is 36.1 Å². The Hall–Kier alpha value is -5.11. The molecule has 2 aromatic carbocycles. The molecule has 1 heterocycles. The Balaban J connectivity index is 1.46. The molecule has 0 aliphatic rings. The lowest BCUT2D eigenvalue weighted by Gasteiger charge is -2.18. The van der Waals surface area contributed by atoms with Gasteiger partial charge in [0.1, 0.15) is 24.5 Å². The van der Waals surface area contributed by atoms with E-state index in [1.54, 1.807) is 55.6 Å². The molecule has 3 rings (SSSR count). The number of anilines is 2. The van der Waals surface area contributed by atoms with Crippen molar-refractivity contribution in [3.63, 3.8) is 0 Å². The van der Waals surface area contributed by atoms with Crippen molar-refractivity contribution in [2.24, 2.45) is 11.5 Å². The summed E-state index contributed by atoms with van der Waals surface area (Å²) in [5.41, 5.74) is 13.1. The number of hydrogen-bond acceptors (Lipinski definition) is 10. The number of nitrogens with two attached hydrogens (primary N) is 2. The highest BCUT2D eigenvalue weighted by Crippen LogP contribution is 2.32. The van der Waals surface area contributed by atoms with Crippen LogP contribution in [0.4, 0.5) is 21.0 Å². The Morgan fingerprint density at radius 3 is 2.50 bits per heavy atom. The maximum Gasteiger partial charge on any atom is 0.407 e. The highest BCUT2D eigenvalue weighted by atomic mass is 16.6. The molecular formula is C28H34N6O8. The van der Waals surface area contributed by atoms with Crippen LogP contribution < -0.4 is 32.2 Å². The summed E-state index contributed by atoms with van der Waals surface area (Å²) in [5.74, 6) is -0.253. The Bertz CT molecular complexity index is 1360. The Morgan fingerprint density at radius 1 is 1.07 bits per heavy atom. The Labute approximate surface area is 242 Å². The summed E-state index contributed by atoms with van der Waals surface area (Å²) in [5, 5.41) is 8.11. The smallest absolute Gasteiger partial charge is 0.407 e. The molecule has 7 N–H and O–H groups in total. The zero-order valence-electron chi connectivity index (χ0n) is 23.3. The zero-order chi connectivity index (χ0) is 30.5. The second-order valence-corrected chi connectivity index (χ2v) is 9.09. The first-order chi connectivity index (χ1) is 20.2. The first-order valence-electron chi connectivity index (χ1n) is 13.1. The summed E-state index contributed by atoms with van der Waals surface area (Å²) in [6.45, 7) is 1.70. The maximum atomic E-state index is 12.6. The minimum atomic E-state index is -1.000. The van der Waals surface area contributed by atoms with E-state index in [1.165, 1.54) is 13.5 Å². The van der Waals surface area contributed by atoms with Crippen LogP contribution in [0.1, 0.15) is 31.7 Å². The summed E-state index contributed by atoms with van der Waals surface area (Å²) >= 11 is 0. The average Bonchev–Trinajstić information content (AvgIpc) is 3.51. The number of methoxy groups -OCH3 is 1. The summed E-state index contributed by atoms with van der Waals surface area (Å²) in [6, 6.07) is 10.5. The lowest BCUT2D eigenvalue weighted by atomic mass is 10.1. The molecule has 4 amide bonds. The second-order valence-electron chi connectivity index (χ2n) is 9.09. The van der Waals surface area contributed by atoms with E-state index in [-0.39, 0.29) is 26.0 Å². The van der Waals surface area contributed by atoms with E-state index in [2.05, 4.69) is 20.9 Å². The number of nitrogens with zero attached hydrogens (tertiary/aromatic N) is 1. The molecule has 14 heteroatoms. The van der Waals surface area contributed by atoms with Crippen LogP contribution in [0, 0.1) is 0 Å². The molecular weight excluding hydrogens is 548 g/mol. The van der Waals surface area contributed by atoms with Crippen LogP contribution in [0.5, 0.6) is 5.75 Å². The molecule has 0 saturated heterocycles. The number of amides is 4. The molecule has 0 bridgehead atoms. The maximum absolute atomic E-state index is 12.6. The van der Waals surface area contributed by atoms with Gasteiger partial charge in [-0.2, -0.15) is 0 Å². The van der Waals surface area contributed by atoms with Gasteiger partial charge in [-0.15, -0.1) is 0 Å². The number of primary amides is 1. The van der Waals surface area contributed by atoms with Crippen molar-refractivity contribution in [2.45, 2.75) is 44.9 Å². The molecule has 14 nitrogen and oxygen atoms in total. The average molecular weight is 583 g/mol. The van der Waals surface area contributed by atoms with E-state index in [4.69, 9.17) is 30.1 Å². The normalized spacial score (nSPS) is 12.0. The predicted octanol–water partition coefficient (Wildman–Crippen LogP) is 3.14. The fourth-order valence-corrected chi connectivity index (χ4v) is 3.67. The van der Waals surface area contributed by atoms with E-state index in [9.17, 15) is 19.2 Å². The van der Waals surface area contributed by atoms with Crippen LogP contribution in [-0.4, -0.2) is 54.8 Å². The van der Waals surface area contributed by atoms with Crippen molar-refractivity contribution >= 4 is 35.4 Å². The van der Waals surface area contributed by atoms with Gasteiger partial charge in [0.15, 0.2) is 12.2 Å². The molecule has 0 fully saturated rings. The number of benzene rings is 2. The molecule has 3 aromatic rings. The number of hydrogen-bond donors (Lipinski definition) is 5. The van der Waals surface area contributed by atoms with Crippen molar-refractivity contribution in [3.8, 4) is 17.1 Å². The first-order valence-corrected chi connectivity index (χ1v) is 13.1. The second kappa shape index (κ2) is 15.6. The number of oxazole rings is 1. The molecule has 1 aromatic heterocycles. The van der Waals surface area contributed by atoms with Gasteiger partial charge in [-0.1, -0.05) is 19.1 Å². The van der Waals surface area contributed by atoms with Crippen LogP contribution in [-0.2, 0) is 25.6 Å². The molecule has 0 radical (unpaired) electrons. The van der Waals surface area contributed by atoms with E-state index in [1.807, 2.05) is 0 Å². The zero-order valence-corrected chi connectivity index (χ0v) is 23.3. The minimum Gasteiger partial charge on any atom is -0.496 e. The van der Waals surface area contributed by atoms with Gasteiger partial charge in [0, 0.05) is 30.4 Å². The van der Waals surface area contributed by atoms with Gasteiger partial charge >= 0.3 is 18.1 Å². The summed E-state index contributed by atoms with van der Waals surface area (Å²) in [4.78, 5) is 51.6. The third-order valence-corrected chi connectivity index (χ3v) is 5.92. The van der Waals surface area contributed by atoms with Crippen molar-refractivity contribution in [2.75, 3.05) is 24.4 Å². The van der Waals surface area contributed by atoms with Crippen LogP contribution >= 0.6 is 0 Å². The monoisotopic (exact) mass is 582 g/mol. The predicted molar refractivity (Wildman–Crippen MR) is 152 cm³/mol. The molecule has 2 atom stereocenters. The molecule has 224 valence electrons. The van der Waals surface area contributed by atoms with Gasteiger partial charge in [-0.25, -0.2) is 14.6 Å². The van der Waals surface area contributed by atoms with Crippen LogP contribution in [0.15, 0.2) is 59.5 Å². The molecule has 1 unspecified atom stereocenters. The molecule has 0 spiro atoms. The number of nitrogens with one attached hydrogen (secondary N) is 3. The quantitative estimate of drug-likeness (QED) is 0.175. The lowest BCUT2D eigenvalue weighted by Crippen LogP contribution is -2.36. The van der Waals surface area contributed by atoms with Gasteiger partial charge in [0.2, 0.25) is 5.91 Å². The third-order valence-electron chi connectivity index (χ3n) is 5.92. The topological polar surface area (TPSA) is 210 Å². The SMILES string of the molecule is CCC(COC(=O)[C@H](N)CCC(N)=O)OC(=O)NCc1cccc(NC(=O)Nc2ccc(-c3cnco3)c(OC)c2)c1. The lowest BCUT2D eigenvalue weighted by molar-refractivity contribution is -0.148. The highest BCUT2D eigenvalue weighted by molar-refractivity contribution is 6.00. The third kappa shape index (κ3) is 9.82. The van der Waals surface area contributed by atoms with Crippen molar-refractivity contribution in [1.29, 1.82) is 0 Å². The molecule has 0 aliphatic heterocycles. The fourth-order valence-electron chi connectivity index (χ4n) is 3.67. The van der Waals surface area contributed by atoms with Crippen LogP contribution in [0.3, 0.4) is 0 Å². The minimum absolute atomic E-state index is 0.0395. The van der Waals surface area contributed by atoms with Crippen molar-refractivity contribution < 1.29 is 37.8 Å². The number of alkyl carbamates (subject to hydrolysis) is 1. The number of ether oxygens (including phenoxy) is 3. The summed E-state index contributed by atoms with van der Waals surface area (Å²) in [6.07, 6.45) is 1.88. The van der Waals surface area contributed by atoms with Crippen LogP contribution in [0.25, 0.3) is 11.3 Å². The Morgan fingerprint density at radius 2 is 1.83 bits per heavy atom. The first kappa shape index (κ1) is 31.4. The standard InChI is InChI=1S/C28H34N6O8/c1-3-20(15-40-26(36)22(29)9-10-25(30)35)42-28(38)32-13-17-5-4-6-18(11-17)33-27(37)34-19-7-8-21(23(12-19)39-2)24-14-31-16-41-24/h4-8,11-12,14,16,20,22H,3,9-10,13,15,29H2,1-2H3,(H2,30,35)(H,32,38)(H2,33,34,37)/t20?,22-/m1/s1. The molecule has 0 saturated carbocycles. The van der Waals surface area contributed by atoms with Crippen LogP contribution in [0.2, 0.25) is 0 Å². The number of rotatable bonds is 14. The van der Waals surface area contributed by atoms with E-state index in [0.29, 0.717) is 40.4 Å². The summed E-state index contributed by atoms with van der Waals surface area (Å²) < 4.78 is 21.1. The van der Waals surface area contributed by atoms with Crippen molar-refractivity contribution in [3.05, 3.63) is 60.6 Å². The number of carbonyl (C=O) groups excluding carboxylic acids is 4. The summed E-state index contributed by atoms with van der Waals surface area (Å²) in [7, 11) is 1.51. The molecule has 42 heavy (non-hydrogen) atoms. The van der Waals surface area contributed by atoms with Gasteiger partial charge in [-0.05, 0) is 42.7 Å². The van der Waals surface area contributed by atoms with Gasteiger partial charge in [-0.3, -0.25) is 9.59 Å². The molecule has 0 aliphatic carbocycles. The van der Waals surface area contributed by atoms with Gasteiger partial charge < -0.3 is 46.0 Å². The van der Waals surface area contributed by atoms with Crippen molar-refractivity contribution in [1.82, 2.24) is 10.3 Å². The number of aromatic nitrogens is 1. The number of urea groups is 1. The van der Waals surface area contributed by atoms with E-state index in [0.717, 1.165) is 0 Å². The van der Waals surface area contributed by atoms with Gasteiger partial charge in [0.25, 0.3) is 0 Å². The fraction of sp³-hybridized carbons (Fsp3) is 0.321. The largest absolute Gasteiger partial charge is 0.496 e. The number of esters is 1. The van der Waals surface area contributed by atoms with E-state index >= 15 is 0 Å². The highest BCUT2D eigenvalue weighted by Gasteiger charge is 2.20. The Kier molecular flexibility index (Phi) is 11.7. The number of carbonyl (C=O) groups is 4.